The van der Waals surface area contributed by atoms with Crippen molar-refractivity contribution in [3.8, 4) is 0 Å². The summed E-state index contributed by atoms with van der Waals surface area (Å²) in [6, 6.07) is 10.0. The Labute approximate surface area is 180 Å². The number of hydrogen-bond donors (Lipinski definition) is 0. The first-order chi connectivity index (χ1) is 13.4. The van der Waals surface area contributed by atoms with Crippen LogP contribution in [0.4, 0.5) is 0 Å². The first kappa shape index (κ1) is 21.6. The molecule has 0 aromatic heterocycles. The molecule has 3 saturated carbocycles. The van der Waals surface area contributed by atoms with Gasteiger partial charge < -0.3 is 0 Å². The molecule has 0 saturated heterocycles. The zero-order valence-corrected chi connectivity index (χ0v) is 21.3. The van der Waals surface area contributed by atoms with E-state index in [2.05, 4.69) is 53.8 Å². The zero-order valence-electron chi connectivity index (χ0n) is 18.6. The molecule has 2 bridgehead atoms. The fourth-order valence-corrected chi connectivity index (χ4v) is 7.79. The molecule has 0 spiro atoms. The van der Waals surface area contributed by atoms with Gasteiger partial charge in [-0.1, -0.05) is 0 Å². The van der Waals surface area contributed by atoms with Gasteiger partial charge in [0.05, 0.1) is 0 Å². The van der Waals surface area contributed by atoms with Gasteiger partial charge in [0, 0.05) is 0 Å². The van der Waals surface area contributed by atoms with Crippen LogP contribution in [0.2, 0.25) is 18.1 Å². The molecular formula is C23H34O4SeSi. The summed E-state index contributed by atoms with van der Waals surface area (Å²) in [6.45, 7) is 16.1. The van der Waals surface area contributed by atoms with Crippen LogP contribution in [0.25, 0.3) is 0 Å². The van der Waals surface area contributed by atoms with Crippen molar-refractivity contribution in [3.05, 3.63) is 47.5 Å². The van der Waals surface area contributed by atoms with Crippen molar-refractivity contribution in [2.75, 3.05) is 0 Å². The van der Waals surface area contributed by atoms with E-state index in [0.29, 0.717) is 11.8 Å². The van der Waals surface area contributed by atoms with E-state index in [0.717, 1.165) is 12.0 Å². The predicted molar refractivity (Wildman–Crippen MR) is 117 cm³/mol. The van der Waals surface area contributed by atoms with E-state index in [1.54, 1.807) is 0 Å². The van der Waals surface area contributed by atoms with Crippen molar-refractivity contribution in [1.82, 2.24) is 0 Å². The van der Waals surface area contributed by atoms with Gasteiger partial charge in [-0.05, 0) is 0 Å². The quantitative estimate of drug-likeness (QED) is 0.419. The summed E-state index contributed by atoms with van der Waals surface area (Å²) in [6.07, 6.45) is 2.67. The Hall–Kier alpha value is -0.624. The van der Waals surface area contributed by atoms with Gasteiger partial charge in [-0.2, -0.15) is 0 Å². The van der Waals surface area contributed by atoms with E-state index in [1.165, 1.54) is 5.57 Å². The molecule has 6 atom stereocenters. The van der Waals surface area contributed by atoms with E-state index in [4.69, 9.17) is 12.1 Å². The van der Waals surface area contributed by atoms with E-state index >= 15 is 0 Å². The molecule has 0 radical (unpaired) electrons. The van der Waals surface area contributed by atoms with Crippen LogP contribution in [0.15, 0.2) is 42.0 Å². The summed E-state index contributed by atoms with van der Waals surface area (Å²) in [5.41, 5.74) is 2.41. The third-order valence-corrected chi connectivity index (χ3v) is 13.8. The maximum atomic E-state index is 12.8. The Balaban J connectivity index is 1.74. The molecular weight excluding hydrogens is 447 g/mol. The molecule has 160 valence electrons. The summed E-state index contributed by atoms with van der Waals surface area (Å²) in [5, 5.41) is 0.114. The Morgan fingerprint density at radius 3 is 2.38 bits per heavy atom. The SMILES string of the molecule is CC1(C)[C@@H]2C[C@H]1C1=C[C@H](c3ccccc3)O[Se](=O)O[C@H]1[C@@H]2O[Si](C)(C)C(C)(C)C. The second kappa shape index (κ2) is 7.22. The van der Waals surface area contributed by atoms with Gasteiger partial charge in [0.25, 0.3) is 0 Å². The number of rotatable bonds is 3. The van der Waals surface area contributed by atoms with Gasteiger partial charge >= 0.3 is 181 Å². The molecule has 3 aliphatic carbocycles. The first-order valence-electron chi connectivity index (χ1n) is 10.6. The summed E-state index contributed by atoms with van der Waals surface area (Å²) >= 11 is -2.87. The Morgan fingerprint density at radius 2 is 1.79 bits per heavy atom. The fraction of sp³-hybridized carbons (Fsp3) is 0.652. The van der Waals surface area contributed by atoms with Crippen LogP contribution in [-0.2, 0) is 15.9 Å². The van der Waals surface area contributed by atoms with Crippen molar-refractivity contribution < 1.29 is 15.9 Å². The molecule has 5 rings (SSSR count). The second-order valence-corrected chi connectivity index (χ2v) is 17.3. The van der Waals surface area contributed by atoms with E-state index in [-0.39, 0.29) is 28.8 Å². The Bertz CT molecular complexity index is 827. The fourth-order valence-electron chi connectivity index (χ4n) is 4.85. The van der Waals surface area contributed by atoms with Crippen LogP contribution in [0, 0.1) is 17.3 Å². The maximum absolute atomic E-state index is 12.8. The molecule has 1 heterocycles. The molecule has 1 aromatic rings. The second-order valence-electron chi connectivity index (χ2n) is 10.9. The standard InChI is InChI=1S/C23H34O4SeSi/c1-22(2,3)29(6,7)27-21-18-14-17(23(18,4)5)16-13-19(15-11-9-8-10-12-15)25-28(24)26-20(16)21/h8-13,17-21H,14H2,1-7H3/t17-,18+,19+,20+,21+,28?/m0/s1. The Morgan fingerprint density at radius 1 is 1.14 bits per heavy atom. The van der Waals surface area contributed by atoms with Gasteiger partial charge in [-0.25, -0.2) is 0 Å². The molecule has 4 nitrogen and oxygen atoms in total. The van der Waals surface area contributed by atoms with Crippen molar-refractivity contribution >= 4 is 22.8 Å². The van der Waals surface area contributed by atoms with Crippen LogP contribution < -0.4 is 0 Å². The van der Waals surface area contributed by atoms with E-state index in [9.17, 15) is 3.83 Å². The third kappa shape index (κ3) is 3.66. The number of hydrogen-bond acceptors (Lipinski definition) is 4. The van der Waals surface area contributed by atoms with Gasteiger partial charge in [0.1, 0.15) is 0 Å². The minimum absolute atomic E-state index is 0.0551. The third-order valence-electron chi connectivity index (χ3n) is 7.84. The minimum atomic E-state index is -2.87. The van der Waals surface area contributed by atoms with Crippen molar-refractivity contribution in [1.29, 1.82) is 0 Å². The summed E-state index contributed by atoms with van der Waals surface area (Å²) in [7, 11) is -2.00. The molecule has 4 aliphatic rings. The zero-order chi connectivity index (χ0) is 21.2. The summed E-state index contributed by atoms with van der Waals surface area (Å²) < 4.78 is 31.7. The normalized spacial score (nSPS) is 36.4. The van der Waals surface area contributed by atoms with Crippen LogP contribution in [0.3, 0.4) is 0 Å². The molecule has 29 heavy (non-hydrogen) atoms. The monoisotopic (exact) mass is 482 g/mol. The van der Waals surface area contributed by atoms with E-state index < -0.39 is 22.8 Å². The van der Waals surface area contributed by atoms with Gasteiger partial charge in [0.2, 0.25) is 0 Å². The molecule has 1 aliphatic heterocycles. The van der Waals surface area contributed by atoms with Gasteiger partial charge in [-0.15, -0.1) is 0 Å². The van der Waals surface area contributed by atoms with Gasteiger partial charge in [-0.3, -0.25) is 0 Å². The van der Waals surface area contributed by atoms with E-state index in [1.807, 2.05) is 30.3 Å². The number of benzene rings is 1. The predicted octanol–water partition coefficient (Wildman–Crippen LogP) is 5.55. The van der Waals surface area contributed by atoms with Crippen LogP contribution in [-0.4, -0.2) is 35.0 Å². The molecule has 6 heteroatoms. The van der Waals surface area contributed by atoms with Crippen LogP contribution in [0.1, 0.15) is 52.7 Å². The van der Waals surface area contributed by atoms with Crippen molar-refractivity contribution in [2.24, 2.45) is 17.3 Å². The van der Waals surface area contributed by atoms with Crippen molar-refractivity contribution in [3.63, 3.8) is 0 Å². The first-order valence-corrected chi connectivity index (χ1v) is 15.6. The average molecular weight is 482 g/mol. The van der Waals surface area contributed by atoms with Crippen LogP contribution >= 0.6 is 0 Å². The summed E-state index contributed by atoms with van der Waals surface area (Å²) in [4.78, 5) is 0. The molecule has 1 aromatic carbocycles. The molecule has 0 amide bonds. The van der Waals surface area contributed by atoms with Crippen LogP contribution in [0.5, 0.6) is 0 Å². The van der Waals surface area contributed by atoms with Crippen molar-refractivity contribution in [2.45, 2.75) is 77.5 Å². The Kier molecular flexibility index (Phi) is 5.38. The summed E-state index contributed by atoms with van der Waals surface area (Å²) in [5.74, 6) is 0.860. The van der Waals surface area contributed by atoms with Gasteiger partial charge in [0.15, 0.2) is 0 Å². The topological polar surface area (TPSA) is 44.8 Å². The molecule has 1 unspecified atom stereocenters. The molecule has 3 fully saturated rings. The average Bonchev–Trinajstić information content (AvgIpc) is 2.79. The molecule has 0 N–H and O–H groups in total.